The van der Waals surface area contributed by atoms with E-state index in [0.717, 1.165) is 5.57 Å². The third kappa shape index (κ3) is 8.76. The average molecular weight is 487 g/mol. The number of rotatable bonds is 11. The molecule has 0 saturated heterocycles. The Morgan fingerprint density at radius 2 is 1.94 bits per heavy atom. The van der Waals surface area contributed by atoms with Crippen LogP contribution in [-0.4, -0.2) is 72.4 Å². The predicted molar refractivity (Wildman–Crippen MR) is 132 cm³/mol. The van der Waals surface area contributed by atoms with E-state index in [-0.39, 0.29) is 36.6 Å². The molecule has 0 radical (unpaired) electrons. The minimum atomic E-state index is -1.08. The van der Waals surface area contributed by atoms with Crippen LogP contribution in [0, 0.1) is 5.92 Å². The molecule has 0 bridgehead atoms. The molecule has 1 unspecified atom stereocenters. The van der Waals surface area contributed by atoms with E-state index in [1.807, 2.05) is 18.2 Å². The van der Waals surface area contributed by atoms with Gasteiger partial charge < -0.3 is 31.7 Å². The second kappa shape index (κ2) is 13.1. The summed E-state index contributed by atoms with van der Waals surface area (Å²) in [4.78, 5) is 56.3. The molecule has 1 aromatic carbocycles. The zero-order valence-corrected chi connectivity index (χ0v) is 20.1. The summed E-state index contributed by atoms with van der Waals surface area (Å²) in [7, 11) is 1.61. The number of likely N-dealkylation sites (N-methyl/N-ethyl adjacent to an activating group) is 1. The summed E-state index contributed by atoms with van der Waals surface area (Å²) in [6, 6.07) is 8.32. The molecule has 1 aliphatic rings. The molecular formula is C24H34N6O5. The fraction of sp³-hybridized carbons (Fsp3) is 0.458. The van der Waals surface area contributed by atoms with E-state index < -0.39 is 17.9 Å². The van der Waals surface area contributed by atoms with Crippen LogP contribution in [0.25, 0.3) is 0 Å². The highest BCUT2D eigenvalue weighted by Gasteiger charge is 2.30. The van der Waals surface area contributed by atoms with Gasteiger partial charge in [0, 0.05) is 39.3 Å². The number of aliphatic imine (C=N–C) groups is 1. The molecule has 2 atom stereocenters. The normalized spacial score (nSPS) is 16.5. The average Bonchev–Trinajstić information content (AvgIpc) is 2.93. The van der Waals surface area contributed by atoms with E-state index in [0.29, 0.717) is 38.0 Å². The summed E-state index contributed by atoms with van der Waals surface area (Å²) in [5, 5.41) is 12.0. The van der Waals surface area contributed by atoms with Crippen molar-refractivity contribution in [2.45, 2.75) is 38.6 Å². The van der Waals surface area contributed by atoms with Gasteiger partial charge in [-0.05, 0) is 31.4 Å². The Morgan fingerprint density at radius 3 is 2.54 bits per heavy atom. The van der Waals surface area contributed by atoms with Crippen molar-refractivity contribution in [1.29, 1.82) is 0 Å². The van der Waals surface area contributed by atoms with Gasteiger partial charge in [0.1, 0.15) is 6.04 Å². The minimum Gasteiger partial charge on any atom is -0.481 e. The van der Waals surface area contributed by atoms with Crippen molar-refractivity contribution >= 4 is 35.3 Å². The Morgan fingerprint density at radius 1 is 1.26 bits per heavy atom. The molecule has 11 heteroatoms. The molecule has 35 heavy (non-hydrogen) atoms. The Labute approximate surface area is 204 Å². The lowest BCUT2D eigenvalue weighted by Gasteiger charge is -2.25. The van der Waals surface area contributed by atoms with Gasteiger partial charge in [-0.2, -0.15) is 0 Å². The quantitative estimate of drug-likeness (QED) is 0.152. The summed E-state index contributed by atoms with van der Waals surface area (Å²) < 4.78 is 0. The Kier molecular flexibility index (Phi) is 10.2. The number of aliphatic carboxylic acids is 1. The summed E-state index contributed by atoms with van der Waals surface area (Å²) >= 11 is 0. The van der Waals surface area contributed by atoms with E-state index >= 15 is 0 Å². The van der Waals surface area contributed by atoms with Crippen molar-refractivity contribution in [3.63, 3.8) is 0 Å². The van der Waals surface area contributed by atoms with E-state index in [1.165, 1.54) is 11.8 Å². The third-order valence-corrected chi connectivity index (χ3v) is 5.58. The van der Waals surface area contributed by atoms with Crippen molar-refractivity contribution in [1.82, 2.24) is 10.2 Å². The highest BCUT2D eigenvalue weighted by Crippen LogP contribution is 2.25. The van der Waals surface area contributed by atoms with Crippen LogP contribution in [-0.2, 0) is 19.2 Å². The number of nitrogens with zero attached hydrogens (tertiary/aromatic N) is 3. The largest absolute Gasteiger partial charge is 0.481 e. The van der Waals surface area contributed by atoms with Crippen molar-refractivity contribution in [3.05, 3.63) is 42.0 Å². The van der Waals surface area contributed by atoms with Gasteiger partial charge in [0.15, 0.2) is 5.96 Å². The Bertz CT molecular complexity index is 974. The monoisotopic (exact) mass is 486 g/mol. The van der Waals surface area contributed by atoms with Gasteiger partial charge in [0.2, 0.25) is 17.7 Å². The molecule has 0 aromatic heterocycles. The molecule has 1 heterocycles. The van der Waals surface area contributed by atoms with Crippen molar-refractivity contribution in [2.24, 2.45) is 22.4 Å². The number of carbonyl (C=O) groups is 4. The topological polar surface area (TPSA) is 171 Å². The second-order valence-corrected chi connectivity index (χ2v) is 8.50. The smallest absolute Gasteiger partial charge is 0.304 e. The maximum Gasteiger partial charge on any atom is 0.304 e. The lowest BCUT2D eigenvalue weighted by molar-refractivity contribution is -0.139. The number of guanidine groups is 1. The number of para-hydroxylation sites is 1. The first kappa shape index (κ1) is 27.4. The highest BCUT2D eigenvalue weighted by molar-refractivity contribution is 5.98. The molecule has 0 aliphatic carbocycles. The van der Waals surface area contributed by atoms with Crippen LogP contribution in [0.3, 0.4) is 0 Å². The number of nitrogens with two attached hydrogens (primary N) is 2. The summed E-state index contributed by atoms with van der Waals surface area (Å²) in [5.41, 5.74) is 12.1. The number of amides is 3. The number of benzene rings is 1. The number of hydrogen-bond acceptors (Lipinski definition) is 5. The van der Waals surface area contributed by atoms with Gasteiger partial charge >= 0.3 is 5.97 Å². The lowest BCUT2D eigenvalue weighted by Crippen LogP contribution is -2.47. The van der Waals surface area contributed by atoms with E-state index in [1.54, 1.807) is 30.2 Å². The fourth-order valence-electron chi connectivity index (χ4n) is 3.99. The predicted octanol–water partition coefficient (Wildman–Crippen LogP) is 0.457. The Hall–Kier alpha value is -3.89. The van der Waals surface area contributed by atoms with E-state index in [4.69, 9.17) is 11.5 Å². The van der Waals surface area contributed by atoms with Crippen molar-refractivity contribution in [2.75, 3.05) is 31.6 Å². The number of carbonyl (C=O) groups excluding carboxylic acids is 3. The van der Waals surface area contributed by atoms with Crippen molar-refractivity contribution in [3.8, 4) is 0 Å². The molecule has 190 valence electrons. The molecule has 0 saturated carbocycles. The standard InChI is InChI=1S/C24H34N6O5/c1-16(31)28-20(9-6-11-27-24(25)26)23(35)29(2)15-17-10-12-30(19-7-4-3-5-8-19)22(34)18(13-17)14-21(32)33/h3-5,7-8,13,18,20H,6,9-12,14-15H2,1-2H3,(H,28,31)(H,32,33)(H4,25,26,27)/t18?,20-/m0/s1. The highest BCUT2D eigenvalue weighted by atomic mass is 16.4. The van der Waals surface area contributed by atoms with Crippen LogP contribution in [0.5, 0.6) is 0 Å². The summed E-state index contributed by atoms with van der Waals surface area (Å²) in [6.45, 7) is 2.23. The second-order valence-electron chi connectivity index (χ2n) is 8.50. The van der Waals surface area contributed by atoms with Gasteiger partial charge in [-0.25, -0.2) is 0 Å². The number of hydrogen-bond donors (Lipinski definition) is 4. The van der Waals surface area contributed by atoms with Crippen molar-refractivity contribution < 1.29 is 24.3 Å². The molecule has 2 rings (SSSR count). The third-order valence-electron chi connectivity index (χ3n) is 5.58. The molecule has 6 N–H and O–H groups in total. The van der Waals surface area contributed by atoms with Gasteiger partial charge in [-0.15, -0.1) is 0 Å². The number of nitrogens with one attached hydrogen (secondary N) is 1. The first-order valence-electron chi connectivity index (χ1n) is 11.4. The van der Waals surface area contributed by atoms with Gasteiger partial charge in [-0.1, -0.05) is 29.8 Å². The number of carboxylic acids is 1. The molecule has 1 aromatic rings. The molecule has 0 spiro atoms. The zero-order chi connectivity index (χ0) is 26.0. The first-order chi connectivity index (χ1) is 16.6. The molecular weight excluding hydrogens is 452 g/mol. The zero-order valence-electron chi connectivity index (χ0n) is 20.1. The maximum atomic E-state index is 13.1. The number of carboxylic acid groups (broad SMARTS) is 1. The summed E-state index contributed by atoms with van der Waals surface area (Å²) in [5.74, 6) is -2.89. The minimum absolute atomic E-state index is 0.0418. The summed E-state index contributed by atoms with van der Waals surface area (Å²) in [6.07, 6.45) is 2.63. The lowest BCUT2D eigenvalue weighted by atomic mass is 10.0. The Balaban J connectivity index is 2.16. The molecule has 3 amide bonds. The molecule has 11 nitrogen and oxygen atoms in total. The van der Waals surface area contributed by atoms with E-state index in [2.05, 4.69) is 10.3 Å². The maximum absolute atomic E-state index is 13.1. The molecule has 0 fully saturated rings. The van der Waals surface area contributed by atoms with Crippen LogP contribution in [0.15, 0.2) is 47.0 Å². The van der Waals surface area contributed by atoms with Crippen LogP contribution in [0.2, 0.25) is 0 Å². The van der Waals surface area contributed by atoms with Gasteiger partial charge in [-0.3, -0.25) is 24.2 Å². The fourth-order valence-corrected chi connectivity index (χ4v) is 3.99. The van der Waals surface area contributed by atoms with Crippen LogP contribution in [0.1, 0.15) is 32.6 Å². The van der Waals surface area contributed by atoms with Crippen LogP contribution in [0.4, 0.5) is 5.69 Å². The van der Waals surface area contributed by atoms with Crippen LogP contribution < -0.4 is 21.7 Å². The van der Waals surface area contributed by atoms with Gasteiger partial charge in [0.05, 0.1) is 12.3 Å². The van der Waals surface area contributed by atoms with Crippen LogP contribution >= 0.6 is 0 Å². The number of anilines is 1. The SMILES string of the molecule is CC(=O)N[C@@H](CCCN=C(N)N)C(=O)N(C)CC1=CC(CC(=O)O)C(=O)N(c2ccccc2)CC1. The van der Waals surface area contributed by atoms with E-state index in [9.17, 15) is 24.3 Å². The molecule has 1 aliphatic heterocycles. The first-order valence-corrected chi connectivity index (χ1v) is 11.4. The van der Waals surface area contributed by atoms with Gasteiger partial charge in [0.25, 0.3) is 0 Å².